The van der Waals surface area contributed by atoms with Crippen LogP contribution in [0.25, 0.3) is 10.9 Å². The fourth-order valence-electron chi connectivity index (χ4n) is 2.84. The summed E-state index contributed by atoms with van der Waals surface area (Å²) in [4.78, 5) is 23.2. The molecule has 0 fully saturated rings. The number of quaternary nitrogens is 1. The molecule has 0 aliphatic heterocycles. The maximum Gasteiger partial charge on any atom is 0.258 e. The van der Waals surface area contributed by atoms with Crippen molar-refractivity contribution < 1.29 is 4.90 Å². The first-order chi connectivity index (χ1) is 13.4. The SMILES string of the molecule is Cc1ccc(NC(=S)N(CC[NH+](C)C)Cc2nc3ccccc3c(=O)[nH]2)cc1. The highest BCUT2D eigenvalue weighted by Gasteiger charge is 2.14. The average molecular weight is 397 g/mol. The molecule has 1 aromatic heterocycles. The van der Waals surface area contributed by atoms with Crippen molar-refractivity contribution in [3.8, 4) is 0 Å². The van der Waals surface area contributed by atoms with Crippen molar-refractivity contribution in [2.45, 2.75) is 13.5 Å². The highest BCUT2D eigenvalue weighted by Crippen LogP contribution is 2.11. The second kappa shape index (κ2) is 8.95. The van der Waals surface area contributed by atoms with E-state index in [2.05, 4.69) is 36.3 Å². The number of hydrogen-bond acceptors (Lipinski definition) is 3. The molecule has 0 spiro atoms. The van der Waals surface area contributed by atoms with Gasteiger partial charge in [-0.3, -0.25) is 4.79 Å². The third-order valence-corrected chi connectivity index (χ3v) is 4.83. The zero-order valence-electron chi connectivity index (χ0n) is 16.5. The predicted molar refractivity (Wildman–Crippen MR) is 118 cm³/mol. The topological polar surface area (TPSA) is 65.5 Å². The molecule has 0 aliphatic rings. The van der Waals surface area contributed by atoms with Gasteiger partial charge in [0.05, 0.1) is 44.6 Å². The van der Waals surface area contributed by atoms with Crippen molar-refractivity contribution in [2.24, 2.45) is 0 Å². The summed E-state index contributed by atoms with van der Waals surface area (Å²) in [6.45, 7) is 4.14. The Labute approximate surface area is 170 Å². The lowest BCUT2D eigenvalue weighted by Gasteiger charge is -2.26. The third kappa shape index (κ3) is 5.15. The van der Waals surface area contributed by atoms with Crippen molar-refractivity contribution in [1.82, 2.24) is 14.9 Å². The molecule has 3 aromatic rings. The van der Waals surface area contributed by atoms with Gasteiger partial charge in [-0.2, -0.15) is 0 Å². The molecule has 6 nitrogen and oxygen atoms in total. The van der Waals surface area contributed by atoms with Crippen molar-refractivity contribution in [2.75, 3.05) is 32.5 Å². The number of nitrogens with zero attached hydrogens (tertiary/aromatic N) is 2. The molecule has 1 heterocycles. The molecule has 3 rings (SSSR count). The van der Waals surface area contributed by atoms with Gasteiger partial charge in [0.1, 0.15) is 5.82 Å². The lowest BCUT2D eigenvalue weighted by Crippen LogP contribution is -3.06. The fraction of sp³-hybridized carbons (Fsp3) is 0.286. The van der Waals surface area contributed by atoms with Crippen molar-refractivity contribution in [1.29, 1.82) is 0 Å². The molecule has 0 radical (unpaired) electrons. The van der Waals surface area contributed by atoms with Gasteiger partial charge in [-0.05, 0) is 43.4 Å². The van der Waals surface area contributed by atoms with E-state index in [0.717, 1.165) is 18.8 Å². The van der Waals surface area contributed by atoms with Crippen LogP contribution in [0.5, 0.6) is 0 Å². The van der Waals surface area contributed by atoms with E-state index in [1.54, 1.807) is 6.07 Å². The molecular formula is C21H26N5OS+. The number of aromatic nitrogens is 2. The number of aryl methyl sites for hydroxylation is 1. The molecule has 0 saturated heterocycles. The Morgan fingerprint density at radius 1 is 1.18 bits per heavy atom. The molecule has 0 saturated carbocycles. The highest BCUT2D eigenvalue weighted by atomic mass is 32.1. The lowest BCUT2D eigenvalue weighted by atomic mass is 10.2. The van der Waals surface area contributed by atoms with Crippen molar-refractivity contribution in [3.05, 3.63) is 70.3 Å². The van der Waals surface area contributed by atoms with E-state index in [-0.39, 0.29) is 5.56 Å². The minimum Gasteiger partial charge on any atom is -0.338 e. The molecule has 0 atom stereocenters. The first-order valence-corrected chi connectivity index (χ1v) is 9.73. The Bertz CT molecular complexity index is 1010. The van der Waals surface area contributed by atoms with Crippen LogP contribution in [0.15, 0.2) is 53.3 Å². The van der Waals surface area contributed by atoms with E-state index in [1.807, 2.05) is 47.4 Å². The van der Waals surface area contributed by atoms with Crippen molar-refractivity contribution in [3.63, 3.8) is 0 Å². The van der Waals surface area contributed by atoms with Crippen LogP contribution >= 0.6 is 12.2 Å². The van der Waals surface area contributed by atoms with Crippen LogP contribution in [0.2, 0.25) is 0 Å². The van der Waals surface area contributed by atoms with Crippen LogP contribution in [-0.4, -0.2) is 47.2 Å². The quantitative estimate of drug-likeness (QED) is 0.552. The molecule has 146 valence electrons. The van der Waals surface area contributed by atoms with E-state index in [0.29, 0.717) is 28.4 Å². The van der Waals surface area contributed by atoms with Gasteiger partial charge in [-0.1, -0.05) is 29.8 Å². The lowest BCUT2D eigenvalue weighted by molar-refractivity contribution is -0.857. The Morgan fingerprint density at radius 3 is 2.61 bits per heavy atom. The van der Waals surface area contributed by atoms with Crippen LogP contribution in [0.3, 0.4) is 0 Å². The second-order valence-corrected chi connectivity index (χ2v) is 7.59. The minimum absolute atomic E-state index is 0.129. The first kappa shape index (κ1) is 20.0. The van der Waals surface area contributed by atoms with Gasteiger partial charge in [-0.25, -0.2) is 4.98 Å². The number of para-hydroxylation sites is 1. The standard InChI is InChI=1S/C21H25N5OS/c1-15-8-10-16(11-9-15)22-21(28)26(13-12-25(2)3)14-19-23-18-7-5-4-6-17(18)20(27)24-19/h4-11H,12-14H2,1-3H3,(H,22,28)(H,23,24,27)/p+1. The second-order valence-electron chi connectivity index (χ2n) is 7.20. The van der Waals surface area contributed by atoms with Gasteiger partial charge < -0.3 is 20.1 Å². The third-order valence-electron chi connectivity index (χ3n) is 4.47. The largest absolute Gasteiger partial charge is 0.338 e. The predicted octanol–water partition coefficient (Wildman–Crippen LogP) is 1.58. The van der Waals surface area contributed by atoms with E-state index < -0.39 is 0 Å². The first-order valence-electron chi connectivity index (χ1n) is 9.32. The van der Waals surface area contributed by atoms with E-state index in [4.69, 9.17) is 12.2 Å². The van der Waals surface area contributed by atoms with Gasteiger partial charge >= 0.3 is 0 Å². The molecular weight excluding hydrogens is 370 g/mol. The molecule has 0 unspecified atom stereocenters. The van der Waals surface area contributed by atoms with Gasteiger partial charge in [0.2, 0.25) is 0 Å². The number of benzene rings is 2. The zero-order valence-corrected chi connectivity index (χ0v) is 17.3. The van der Waals surface area contributed by atoms with Gasteiger partial charge in [0, 0.05) is 5.69 Å². The Kier molecular flexibility index (Phi) is 6.38. The van der Waals surface area contributed by atoms with E-state index in [1.165, 1.54) is 10.5 Å². The summed E-state index contributed by atoms with van der Waals surface area (Å²) >= 11 is 5.66. The van der Waals surface area contributed by atoms with Crippen LogP contribution in [-0.2, 0) is 6.54 Å². The van der Waals surface area contributed by atoms with Crippen molar-refractivity contribution >= 4 is 33.9 Å². The van der Waals surface area contributed by atoms with Crippen LogP contribution in [0, 0.1) is 6.92 Å². The number of fused-ring (bicyclic) bond motifs is 1. The Morgan fingerprint density at radius 2 is 1.89 bits per heavy atom. The van der Waals surface area contributed by atoms with Gasteiger partial charge in [-0.15, -0.1) is 0 Å². The number of rotatable bonds is 6. The maximum atomic E-state index is 12.4. The Hall–Kier alpha value is -2.77. The summed E-state index contributed by atoms with van der Waals surface area (Å²) in [5.41, 5.74) is 2.70. The number of likely N-dealkylation sites (N-methyl/N-ethyl adjacent to an activating group) is 1. The summed E-state index contributed by atoms with van der Waals surface area (Å²) in [5, 5.41) is 4.50. The summed E-state index contributed by atoms with van der Waals surface area (Å²) in [5.74, 6) is 0.602. The Balaban J connectivity index is 1.82. The number of hydrogen-bond donors (Lipinski definition) is 3. The number of anilines is 1. The number of thiocarbonyl (C=S) groups is 1. The van der Waals surface area contributed by atoms with Gasteiger partial charge in [0.15, 0.2) is 5.11 Å². The minimum atomic E-state index is -0.129. The summed E-state index contributed by atoms with van der Waals surface area (Å²) < 4.78 is 0. The molecule has 7 heteroatoms. The summed E-state index contributed by atoms with van der Waals surface area (Å²) in [6.07, 6.45) is 0. The molecule has 0 amide bonds. The van der Waals surface area contributed by atoms with Crippen LogP contribution < -0.4 is 15.8 Å². The van der Waals surface area contributed by atoms with Crippen LogP contribution in [0.4, 0.5) is 5.69 Å². The number of aromatic amines is 1. The summed E-state index contributed by atoms with van der Waals surface area (Å²) in [6, 6.07) is 15.5. The number of H-pyrrole nitrogens is 1. The van der Waals surface area contributed by atoms with E-state index >= 15 is 0 Å². The average Bonchev–Trinajstić information content (AvgIpc) is 2.66. The summed E-state index contributed by atoms with van der Waals surface area (Å²) in [7, 11) is 4.20. The molecule has 0 aliphatic carbocycles. The van der Waals surface area contributed by atoms with Crippen LogP contribution in [0.1, 0.15) is 11.4 Å². The maximum absolute atomic E-state index is 12.4. The normalized spacial score (nSPS) is 11.0. The highest BCUT2D eigenvalue weighted by molar-refractivity contribution is 7.80. The zero-order chi connectivity index (χ0) is 20.1. The molecule has 28 heavy (non-hydrogen) atoms. The fourth-order valence-corrected chi connectivity index (χ4v) is 3.11. The molecule has 2 aromatic carbocycles. The number of nitrogens with one attached hydrogen (secondary N) is 3. The monoisotopic (exact) mass is 396 g/mol. The smallest absolute Gasteiger partial charge is 0.258 e. The van der Waals surface area contributed by atoms with E-state index in [9.17, 15) is 4.79 Å². The van der Waals surface area contributed by atoms with Gasteiger partial charge in [0.25, 0.3) is 5.56 Å². The molecule has 0 bridgehead atoms. The molecule has 3 N–H and O–H groups in total.